The van der Waals surface area contributed by atoms with E-state index in [0.717, 1.165) is 0 Å². The van der Waals surface area contributed by atoms with Gasteiger partial charge in [-0.3, -0.25) is 10.1 Å². The Labute approximate surface area is 167 Å². The first-order chi connectivity index (χ1) is 14.4. The molecule has 2 aromatic heterocycles. The van der Waals surface area contributed by atoms with Crippen molar-refractivity contribution in [3.05, 3.63) is 75.6 Å². The average Bonchev–Trinajstić information content (AvgIpc) is 3.12. The van der Waals surface area contributed by atoms with Crippen LogP contribution in [0.5, 0.6) is 0 Å². The molecule has 0 amide bonds. The van der Waals surface area contributed by atoms with Gasteiger partial charge in [0.25, 0.3) is 5.69 Å². The minimum absolute atomic E-state index is 0.0914. The van der Waals surface area contributed by atoms with E-state index in [1.807, 2.05) is 6.07 Å². The Morgan fingerprint density at radius 1 is 1.20 bits per heavy atom. The molecule has 0 saturated carbocycles. The van der Waals surface area contributed by atoms with Crippen LogP contribution in [-0.2, 0) is 6.54 Å². The molecule has 148 valence electrons. The molecule has 0 aliphatic rings. The number of nitro benzene ring substituents is 1. The topological polar surface area (TPSA) is 137 Å². The van der Waals surface area contributed by atoms with Gasteiger partial charge in [0.15, 0.2) is 5.65 Å². The Balaban J connectivity index is 1.82. The zero-order chi connectivity index (χ0) is 21.4. The highest BCUT2D eigenvalue weighted by Crippen LogP contribution is 2.28. The predicted octanol–water partition coefficient (Wildman–Crippen LogP) is 3.18. The fourth-order valence-corrected chi connectivity index (χ4v) is 3.03. The summed E-state index contributed by atoms with van der Waals surface area (Å²) in [4.78, 5) is 22.4. The van der Waals surface area contributed by atoms with E-state index in [1.165, 1.54) is 10.9 Å². The minimum Gasteiger partial charge on any atom is -0.368 e. The molecule has 0 aliphatic heterocycles. The molecular weight excluding hydrogens is 396 g/mol. The molecule has 4 rings (SSSR count). The van der Waals surface area contributed by atoms with Crippen molar-refractivity contribution in [3.8, 4) is 17.3 Å². The van der Waals surface area contributed by atoms with Gasteiger partial charge in [0, 0.05) is 11.1 Å². The summed E-state index contributed by atoms with van der Waals surface area (Å²) in [7, 11) is 0. The highest BCUT2D eigenvalue weighted by molar-refractivity contribution is 5.88. The van der Waals surface area contributed by atoms with E-state index < -0.39 is 22.2 Å². The van der Waals surface area contributed by atoms with Gasteiger partial charge in [0.1, 0.15) is 22.8 Å². The third-order valence-electron chi connectivity index (χ3n) is 4.41. The van der Waals surface area contributed by atoms with Crippen molar-refractivity contribution < 1.29 is 13.7 Å². The third-order valence-corrected chi connectivity index (χ3v) is 4.41. The van der Waals surface area contributed by atoms with Gasteiger partial charge in [-0.2, -0.15) is 10.2 Å². The molecule has 2 heterocycles. The minimum atomic E-state index is -1.06. The lowest BCUT2D eigenvalue weighted by Gasteiger charge is -2.08. The molecule has 0 unspecified atom stereocenters. The van der Waals surface area contributed by atoms with Crippen molar-refractivity contribution in [2.75, 3.05) is 5.73 Å². The molecule has 11 heteroatoms. The van der Waals surface area contributed by atoms with Crippen molar-refractivity contribution in [2.45, 2.75) is 6.54 Å². The first-order valence-electron chi connectivity index (χ1n) is 8.48. The second kappa shape index (κ2) is 7.17. The Hall–Kier alpha value is -4.46. The van der Waals surface area contributed by atoms with Gasteiger partial charge >= 0.3 is 0 Å². The number of nitrogens with zero attached hydrogens (tertiary/aromatic N) is 6. The Bertz CT molecular complexity index is 1340. The number of non-ortho nitro benzene ring substituents is 1. The predicted molar refractivity (Wildman–Crippen MR) is 102 cm³/mol. The first kappa shape index (κ1) is 18.9. The van der Waals surface area contributed by atoms with Crippen LogP contribution in [0.4, 0.5) is 20.4 Å². The van der Waals surface area contributed by atoms with Gasteiger partial charge in [0.05, 0.1) is 41.6 Å². The molecule has 9 nitrogen and oxygen atoms in total. The van der Waals surface area contributed by atoms with E-state index in [4.69, 9.17) is 11.0 Å². The van der Waals surface area contributed by atoms with Crippen molar-refractivity contribution >= 4 is 22.8 Å². The lowest BCUT2D eigenvalue weighted by atomic mass is 10.1. The number of imidazole rings is 1. The summed E-state index contributed by atoms with van der Waals surface area (Å²) >= 11 is 0. The zero-order valence-corrected chi connectivity index (χ0v) is 15.1. The number of halogens is 2. The number of anilines is 1. The molecule has 0 bridgehead atoms. The van der Waals surface area contributed by atoms with Crippen LogP contribution in [-0.4, -0.2) is 24.4 Å². The summed E-state index contributed by atoms with van der Waals surface area (Å²) in [5.41, 5.74) is 6.63. The fourth-order valence-electron chi connectivity index (χ4n) is 3.03. The van der Waals surface area contributed by atoms with Gasteiger partial charge in [-0.15, -0.1) is 0 Å². The average molecular weight is 407 g/mol. The van der Waals surface area contributed by atoms with Gasteiger partial charge in [-0.25, -0.2) is 18.7 Å². The summed E-state index contributed by atoms with van der Waals surface area (Å²) in [6.07, 6.45) is 1.32. The summed E-state index contributed by atoms with van der Waals surface area (Å²) < 4.78 is 30.0. The summed E-state index contributed by atoms with van der Waals surface area (Å²) in [5.74, 6) is -2.22. The number of nitrogens with two attached hydrogens (primary N) is 1. The molecule has 0 radical (unpaired) electrons. The lowest BCUT2D eigenvalue weighted by Crippen LogP contribution is -2.07. The van der Waals surface area contributed by atoms with Crippen LogP contribution in [0.25, 0.3) is 22.4 Å². The molecule has 0 saturated heterocycles. The van der Waals surface area contributed by atoms with Crippen LogP contribution in [0.1, 0.15) is 11.1 Å². The van der Waals surface area contributed by atoms with Crippen molar-refractivity contribution in [3.63, 3.8) is 0 Å². The Morgan fingerprint density at radius 3 is 2.60 bits per heavy atom. The normalized spacial score (nSPS) is 10.8. The maximum absolute atomic E-state index is 14.3. The van der Waals surface area contributed by atoms with Crippen LogP contribution in [0.15, 0.2) is 42.7 Å². The highest BCUT2D eigenvalue weighted by Gasteiger charge is 2.20. The molecule has 0 aliphatic carbocycles. The van der Waals surface area contributed by atoms with Crippen molar-refractivity contribution in [2.24, 2.45) is 0 Å². The van der Waals surface area contributed by atoms with E-state index in [2.05, 4.69) is 15.0 Å². The van der Waals surface area contributed by atoms with Gasteiger partial charge in [0.2, 0.25) is 5.95 Å². The van der Waals surface area contributed by atoms with Crippen LogP contribution in [0.2, 0.25) is 0 Å². The Kier molecular flexibility index (Phi) is 4.51. The maximum atomic E-state index is 14.3. The number of hydrogen-bond donors (Lipinski definition) is 1. The standard InChI is InChI=1S/C19H11F2N7O2/c20-14-5-12(28(29)30)6-15(21)13(14)8-27-9-24-17-16(25-19(23)26-18(17)27)11-3-1-2-10(4-11)7-22/h1-6,9H,8H2,(H2,23,25,26). The number of hydrogen-bond acceptors (Lipinski definition) is 7. The quantitative estimate of drug-likeness (QED) is 0.405. The molecule has 2 aromatic carbocycles. The van der Waals surface area contributed by atoms with Gasteiger partial charge in [-0.05, 0) is 12.1 Å². The van der Waals surface area contributed by atoms with Crippen LogP contribution in [0, 0.1) is 33.1 Å². The Morgan fingerprint density at radius 2 is 1.93 bits per heavy atom. The van der Waals surface area contributed by atoms with Crippen molar-refractivity contribution in [1.29, 1.82) is 5.26 Å². The van der Waals surface area contributed by atoms with Crippen LogP contribution in [0.3, 0.4) is 0 Å². The second-order valence-corrected chi connectivity index (χ2v) is 6.31. The van der Waals surface area contributed by atoms with Crippen LogP contribution >= 0.6 is 0 Å². The van der Waals surface area contributed by atoms with Crippen molar-refractivity contribution in [1.82, 2.24) is 19.5 Å². The number of fused-ring (bicyclic) bond motifs is 1. The fraction of sp³-hybridized carbons (Fsp3) is 0.0526. The van der Waals surface area contributed by atoms with E-state index in [1.54, 1.807) is 24.3 Å². The number of aromatic nitrogens is 4. The third kappa shape index (κ3) is 3.26. The first-order valence-corrected chi connectivity index (χ1v) is 8.48. The monoisotopic (exact) mass is 407 g/mol. The molecule has 4 aromatic rings. The molecular formula is C19H11F2N7O2. The molecule has 0 fully saturated rings. The number of nitriles is 1. The summed E-state index contributed by atoms with van der Waals surface area (Å²) in [5, 5.41) is 19.9. The number of nitro groups is 1. The smallest absolute Gasteiger partial charge is 0.275 e. The van der Waals surface area contributed by atoms with E-state index >= 15 is 0 Å². The summed E-state index contributed by atoms with van der Waals surface area (Å²) in [6.45, 7) is -0.319. The highest BCUT2D eigenvalue weighted by atomic mass is 19.1. The maximum Gasteiger partial charge on any atom is 0.275 e. The summed E-state index contributed by atoms with van der Waals surface area (Å²) in [6, 6.07) is 9.97. The van der Waals surface area contributed by atoms with E-state index in [0.29, 0.717) is 34.5 Å². The van der Waals surface area contributed by atoms with E-state index in [9.17, 15) is 18.9 Å². The largest absolute Gasteiger partial charge is 0.368 e. The molecule has 0 atom stereocenters. The number of benzene rings is 2. The second-order valence-electron chi connectivity index (χ2n) is 6.31. The SMILES string of the molecule is N#Cc1cccc(-c2nc(N)nc3c2ncn3Cc2c(F)cc([N+](=O)[O-])cc2F)c1. The molecule has 2 N–H and O–H groups in total. The van der Waals surface area contributed by atoms with Gasteiger partial charge < -0.3 is 10.3 Å². The lowest BCUT2D eigenvalue weighted by molar-refractivity contribution is -0.385. The van der Waals surface area contributed by atoms with E-state index in [-0.39, 0.29) is 23.7 Å². The van der Waals surface area contributed by atoms with Crippen LogP contribution < -0.4 is 5.73 Å². The number of nitrogen functional groups attached to an aromatic ring is 1. The molecule has 30 heavy (non-hydrogen) atoms. The zero-order valence-electron chi connectivity index (χ0n) is 15.1. The molecule has 0 spiro atoms. The number of rotatable bonds is 4. The van der Waals surface area contributed by atoms with Gasteiger partial charge in [-0.1, -0.05) is 12.1 Å².